The third kappa shape index (κ3) is 2.94. The van der Waals surface area contributed by atoms with Crippen LogP contribution in [0.2, 0.25) is 0 Å². The molecule has 3 aromatic rings. The van der Waals surface area contributed by atoms with Gasteiger partial charge >= 0.3 is 5.97 Å². The van der Waals surface area contributed by atoms with Crippen molar-refractivity contribution in [3.63, 3.8) is 0 Å². The zero-order chi connectivity index (χ0) is 17.1. The van der Waals surface area contributed by atoms with Crippen LogP contribution in [0.5, 0.6) is 5.75 Å². The molecule has 5 nitrogen and oxygen atoms in total. The van der Waals surface area contributed by atoms with Gasteiger partial charge in [0.25, 0.3) is 0 Å². The largest absolute Gasteiger partial charge is 0.497 e. The molecule has 0 atom stereocenters. The lowest BCUT2D eigenvalue weighted by molar-refractivity contribution is -0.140. The SMILES string of the molecule is COC(=O)CCCCn1c2cc(OC)ccc2c2ccnc(C)c21. The fraction of sp³-hybridized carbons (Fsp3) is 0.368. The fourth-order valence-corrected chi connectivity index (χ4v) is 3.20. The van der Waals surface area contributed by atoms with Gasteiger partial charge in [-0.15, -0.1) is 0 Å². The molecule has 2 aromatic heterocycles. The van der Waals surface area contributed by atoms with Crippen LogP contribution in [0, 0.1) is 6.92 Å². The summed E-state index contributed by atoms with van der Waals surface area (Å²) in [6, 6.07) is 8.21. The van der Waals surface area contributed by atoms with E-state index in [1.54, 1.807) is 7.11 Å². The lowest BCUT2D eigenvalue weighted by atomic mass is 10.1. The van der Waals surface area contributed by atoms with Crippen molar-refractivity contribution < 1.29 is 14.3 Å². The van der Waals surface area contributed by atoms with Gasteiger partial charge in [-0.2, -0.15) is 0 Å². The van der Waals surface area contributed by atoms with Crippen molar-refractivity contribution in [1.29, 1.82) is 0 Å². The molecule has 0 radical (unpaired) electrons. The Balaban J connectivity index is 2.00. The number of carbonyl (C=O) groups excluding carboxylic acids is 1. The number of fused-ring (bicyclic) bond motifs is 3. The van der Waals surface area contributed by atoms with Crippen LogP contribution < -0.4 is 4.74 Å². The zero-order valence-corrected chi connectivity index (χ0v) is 14.3. The predicted molar refractivity (Wildman–Crippen MR) is 94.4 cm³/mol. The van der Waals surface area contributed by atoms with E-state index < -0.39 is 0 Å². The number of unbranched alkanes of at least 4 members (excludes halogenated alkanes) is 1. The lowest BCUT2D eigenvalue weighted by Gasteiger charge is -2.09. The minimum Gasteiger partial charge on any atom is -0.497 e. The number of esters is 1. The number of nitrogens with zero attached hydrogens (tertiary/aromatic N) is 2. The number of rotatable bonds is 6. The number of aromatic nitrogens is 2. The van der Waals surface area contributed by atoms with Gasteiger partial charge in [0.2, 0.25) is 0 Å². The first kappa shape index (κ1) is 16.3. The smallest absolute Gasteiger partial charge is 0.305 e. The van der Waals surface area contributed by atoms with E-state index in [4.69, 9.17) is 9.47 Å². The fourth-order valence-electron chi connectivity index (χ4n) is 3.20. The van der Waals surface area contributed by atoms with Crippen molar-refractivity contribution in [3.05, 3.63) is 36.2 Å². The highest BCUT2D eigenvalue weighted by molar-refractivity contribution is 6.09. The molecular formula is C19H22N2O3. The van der Waals surface area contributed by atoms with Crippen LogP contribution in [0.25, 0.3) is 21.8 Å². The highest BCUT2D eigenvalue weighted by atomic mass is 16.5. The summed E-state index contributed by atoms with van der Waals surface area (Å²) in [6.45, 7) is 2.86. The van der Waals surface area contributed by atoms with Crippen LogP contribution in [0.15, 0.2) is 30.5 Å². The monoisotopic (exact) mass is 326 g/mol. The number of hydrogen-bond acceptors (Lipinski definition) is 4. The standard InChI is InChI=1S/C19H22N2O3/c1-13-19-16(9-10-20-13)15-8-7-14(23-2)12-17(15)21(19)11-5-4-6-18(22)24-3/h7-10,12H,4-6,11H2,1-3H3. The van der Waals surface area contributed by atoms with Gasteiger partial charge in [0.05, 0.1) is 30.9 Å². The molecule has 0 N–H and O–H groups in total. The molecular weight excluding hydrogens is 304 g/mol. The van der Waals surface area contributed by atoms with Crippen molar-refractivity contribution in [3.8, 4) is 5.75 Å². The highest BCUT2D eigenvalue weighted by Crippen LogP contribution is 2.32. The van der Waals surface area contributed by atoms with Gasteiger partial charge in [-0.05, 0) is 38.0 Å². The average Bonchev–Trinajstić information content (AvgIpc) is 2.92. The number of benzene rings is 1. The number of hydrogen-bond donors (Lipinski definition) is 0. The summed E-state index contributed by atoms with van der Waals surface area (Å²) in [7, 11) is 3.11. The van der Waals surface area contributed by atoms with Gasteiger partial charge in [-0.25, -0.2) is 0 Å². The molecule has 0 aliphatic rings. The second kappa shape index (κ2) is 6.91. The Hall–Kier alpha value is -2.56. The lowest BCUT2D eigenvalue weighted by Crippen LogP contribution is -2.03. The minimum atomic E-state index is -0.156. The van der Waals surface area contributed by atoms with Gasteiger partial charge in [0, 0.05) is 36.0 Å². The molecule has 0 unspecified atom stereocenters. The van der Waals surface area contributed by atoms with E-state index >= 15 is 0 Å². The Morgan fingerprint density at radius 2 is 2.00 bits per heavy atom. The van der Waals surface area contributed by atoms with Crippen molar-refractivity contribution >= 4 is 27.8 Å². The Morgan fingerprint density at radius 1 is 1.17 bits per heavy atom. The molecule has 5 heteroatoms. The van der Waals surface area contributed by atoms with E-state index in [0.717, 1.165) is 41.9 Å². The molecule has 126 valence electrons. The van der Waals surface area contributed by atoms with E-state index in [1.165, 1.54) is 17.9 Å². The molecule has 0 fully saturated rings. The predicted octanol–water partition coefficient (Wildman–Crippen LogP) is 3.85. The van der Waals surface area contributed by atoms with Gasteiger partial charge in [-0.1, -0.05) is 0 Å². The van der Waals surface area contributed by atoms with Crippen LogP contribution >= 0.6 is 0 Å². The third-order valence-corrected chi connectivity index (χ3v) is 4.40. The Bertz CT molecular complexity index is 883. The van der Waals surface area contributed by atoms with E-state index in [2.05, 4.69) is 27.8 Å². The summed E-state index contributed by atoms with van der Waals surface area (Å²) in [5, 5.41) is 2.40. The number of ether oxygens (including phenoxy) is 2. The number of aryl methyl sites for hydroxylation is 2. The second-order valence-electron chi connectivity index (χ2n) is 5.86. The van der Waals surface area contributed by atoms with E-state index in [1.807, 2.05) is 19.2 Å². The molecule has 0 amide bonds. The van der Waals surface area contributed by atoms with Gasteiger partial charge in [0.15, 0.2) is 0 Å². The average molecular weight is 326 g/mol. The van der Waals surface area contributed by atoms with Crippen molar-refractivity contribution in [2.45, 2.75) is 32.7 Å². The molecule has 3 rings (SSSR count). The summed E-state index contributed by atoms with van der Waals surface area (Å²) in [5.74, 6) is 0.684. The number of pyridine rings is 1. The molecule has 0 spiro atoms. The molecule has 0 aliphatic carbocycles. The molecule has 0 saturated heterocycles. The maximum absolute atomic E-state index is 11.3. The Morgan fingerprint density at radius 3 is 2.75 bits per heavy atom. The third-order valence-electron chi connectivity index (χ3n) is 4.40. The van der Waals surface area contributed by atoms with Crippen LogP contribution in [0.4, 0.5) is 0 Å². The first-order valence-corrected chi connectivity index (χ1v) is 8.14. The van der Waals surface area contributed by atoms with E-state index in [0.29, 0.717) is 6.42 Å². The number of carbonyl (C=O) groups is 1. The molecule has 24 heavy (non-hydrogen) atoms. The van der Waals surface area contributed by atoms with Crippen LogP contribution in [0.3, 0.4) is 0 Å². The molecule has 0 saturated carbocycles. The maximum Gasteiger partial charge on any atom is 0.305 e. The maximum atomic E-state index is 11.3. The van der Waals surface area contributed by atoms with E-state index in [9.17, 15) is 4.79 Å². The quantitative estimate of drug-likeness (QED) is 0.510. The molecule has 1 aromatic carbocycles. The minimum absolute atomic E-state index is 0.156. The summed E-state index contributed by atoms with van der Waals surface area (Å²) >= 11 is 0. The molecule has 0 bridgehead atoms. The summed E-state index contributed by atoms with van der Waals surface area (Å²) in [6.07, 6.45) is 4.01. The van der Waals surface area contributed by atoms with Gasteiger partial charge < -0.3 is 14.0 Å². The summed E-state index contributed by atoms with van der Waals surface area (Å²) in [5.41, 5.74) is 3.30. The van der Waals surface area contributed by atoms with Crippen LogP contribution in [-0.2, 0) is 16.1 Å². The number of methoxy groups -OCH3 is 2. The molecule has 0 aliphatic heterocycles. The highest BCUT2D eigenvalue weighted by Gasteiger charge is 2.13. The van der Waals surface area contributed by atoms with Gasteiger partial charge in [0.1, 0.15) is 5.75 Å². The van der Waals surface area contributed by atoms with Crippen molar-refractivity contribution in [2.75, 3.05) is 14.2 Å². The second-order valence-corrected chi connectivity index (χ2v) is 5.86. The molecule has 2 heterocycles. The van der Waals surface area contributed by atoms with Gasteiger partial charge in [-0.3, -0.25) is 9.78 Å². The summed E-state index contributed by atoms with van der Waals surface area (Å²) < 4.78 is 12.4. The zero-order valence-electron chi connectivity index (χ0n) is 14.3. The summed E-state index contributed by atoms with van der Waals surface area (Å²) in [4.78, 5) is 15.7. The first-order valence-electron chi connectivity index (χ1n) is 8.14. The van der Waals surface area contributed by atoms with Crippen molar-refractivity contribution in [1.82, 2.24) is 9.55 Å². The van der Waals surface area contributed by atoms with Crippen LogP contribution in [0.1, 0.15) is 25.0 Å². The first-order chi connectivity index (χ1) is 11.7. The normalized spacial score (nSPS) is 11.1. The van der Waals surface area contributed by atoms with Crippen molar-refractivity contribution in [2.24, 2.45) is 0 Å². The Kier molecular flexibility index (Phi) is 4.69. The topological polar surface area (TPSA) is 53.4 Å². The Labute approximate surface area is 141 Å². The van der Waals surface area contributed by atoms with E-state index in [-0.39, 0.29) is 5.97 Å². The van der Waals surface area contributed by atoms with Crippen LogP contribution in [-0.4, -0.2) is 29.7 Å².